The molecule has 3 heterocycles. The predicted octanol–water partition coefficient (Wildman–Crippen LogP) is 2.30. The highest BCUT2D eigenvalue weighted by molar-refractivity contribution is 7.99. The van der Waals surface area contributed by atoms with Crippen LogP contribution in [0.2, 0.25) is 0 Å². The van der Waals surface area contributed by atoms with Gasteiger partial charge < -0.3 is 4.90 Å². The van der Waals surface area contributed by atoms with Crippen molar-refractivity contribution in [1.82, 2.24) is 14.7 Å². The smallest absolute Gasteiger partial charge is 0.272 e. The standard InChI is InChI=1S/C12H13N3OS2/c1-14-10(12(16)15-4-6-17-8-15)7-9(13-14)11-3-2-5-18-11/h2-3,5,7H,4,6,8H2,1H3. The number of amides is 1. The average molecular weight is 279 g/mol. The van der Waals surface area contributed by atoms with Crippen LogP contribution in [0, 0.1) is 0 Å². The van der Waals surface area contributed by atoms with E-state index in [9.17, 15) is 4.79 Å². The maximum Gasteiger partial charge on any atom is 0.272 e. The van der Waals surface area contributed by atoms with E-state index < -0.39 is 0 Å². The largest absolute Gasteiger partial charge is 0.327 e. The molecule has 0 bridgehead atoms. The summed E-state index contributed by atoms with van der Waals surface area (Å²) in [5.41, 5.74) is 1.55. The Bertz CT molecular complexity index is 556. The minimum Gasteiger partial charge on any atom is -0.327 e. The Morgan fingerprint density at radius 2 is 2.39 bits per heavy atom. The van der Waals surface area contributed by atoms with E-state index in [4.69, 9.17) is 0 Å². The Morgan fingerprint density at radius 1 is 1.50 bits per heavy atom. The van der Waals surface area contributed by atoms with Crippen LogP contribution in [0.5, 0.6) is 0 Å². The van der Waals surface area contributed by atoms with Gasteiger partial charge in [0.15, 0.2) is 0 Å². The van der Waals surface area contributed by atoms with Gasteiger partial charge in [-0.3, -0.25) is 9.48 Å². The van der Waals surface area contributed by atoms with Gasteiger partial charge in [0.2, 0.25) is 0 Å². The summed E-state index contributed by atoms with van der Waals surface area (Å²) in [4.78, 5) is 15.3. The Labute approximate surface area is 114 Å². The van der Waals surface area contributed by atoms with E-state index >= 15 is 0 Å². The lowest BCUT2D eigenvalue weighted by atomic mass is 10.3. The maximum absolute atomic E-state index is 12.3. The first-order valence-electron chi connectivity index (χ1n) is 5.70. The van der Waals surface area contributed by atoms with Crippen LogP contribution in [-0.2, 0) is 7.05 Å². The molecule has 4 nitrogen and oxygen atoms in total. The number of hydrogen-bond donors (Lipinski definition) is 0. The first-order valence-corrected chi connectivity index (χ1v) is 7.74. The Kier molecular flexibility index (Phi) is 3.13. The molecule has 94 valence electrons. The summed E-state index contributed by atoms with van der Waals surface area (Å²) in [6.45, 7) is 0.836. The Balaban J connectivity index is 1.90. The van der Waals surface area contributed by atoms with Gasteiger partial charge >= 0.3 is 0 Å². The Hall–Kier alpha value is -1.27. The minimum absolute atomic E-state index is 0.0813. The second-order valence-electron chi connectivity index (χ2n) is 4.12. The zero-order valence-corrected chi connectivity index (χ0v) is 11.6. The van der Waals surface area contributed by atoms with Crippen LogP contribution in [-0.4, -0.2) is 38.8 Å². The fourth-order valence-corrected chi connectivity index (χ4v) is 3.58. The van der Waals surface area contributed by atoms with E-state index in [1.165, 1.54) is 0 Å². The quantitative estimate of drug-likeness (QED) is 0.846. The van der Waals surface area contributed by atoms with Gasteiger partial charge in [-0.1, -0.05) is 6.07 Å². The number of rotatable bonds is 2. The van der Waals surface area contributed by atoms with Crippen molar-refractivity contribution in [3.63, 3.8) is 0 Å². The molecule has 18 heavy (non-hydrogen) atoms. The van der Waals surface area contributed by atoms with E-state index in [-0.39, 0.29) is 5.91 Å². The van der Waals surface area contributed by atoms with E-state index in [1.54, 1.807) is 27.8 Å². The SMILES string of the molecule is Cn1nc(-c2cccs2)cc1C(=O)N1CCSC1. The van der Waals surface area contributed by atoms with Crippen LogP contribution in [0.3, 0.4) is 0 Å². The first-order chi connectivity index (χ1) is 8.75. The molecule has 3 rings (SSSR count). The van der Waals surface area contributed by atoms with Crippen LogP contribution in [0.25, 0.3) is 10.6 Å². The molecule has 0 N–H and O–H groups in total. The number of carbonyl (C=O) groups is 1. The molecule has 0 spiro atoms. The summed E-state index contributed by atoms with van der Waals surface area (Å²) in [6, 6.07) is 5.90. The molecule has 0 atom stereocenters. The monoisotopic (exact) mass is 279 g/mol. The summed E-state index contributed by atoms with van der Waals surface area (Å²) in [7, 11) is 1.83. The van der Waals surface area contributed by atoms with Gasteiger partial charge in [-0.05, 0) is 17.5 Å². The highest BCUT2D eigenvalue weighted by Crippen LogP contribution is 2.25. The van der Waals surface area contributed by atoms with Gasteiger partial charge in [0.1, 0.15) is 11.4 Å². The van der Waals surface area contributed by atoms with Crippen LogP contribution in [0.4, 0.5) is 0 Å². The number of thioether (sulfide) groups is 1. The van der Waals surface area contributed by atoms with Crippen LogP contribution in [0.15, 0.2) is 23.6 Å². The van der Waals surface area contributed by atoms with Gasteiger partial charge in [0.05, 0.1) is 10.8 Å². The normalized spacial score (nSPS) is 15.3. The number of thiophene rings is 1. The zero-order chi connectivity index (χ0) is 12.5. The van der Waals surface area contributed by atoms with Gasteiger partial charge in [0, 0.05) is 19.3 Å². The third-order valence-corrected chi connectivity index (χ3v) is 4.77. The molecule has 1 aliphatic heterocycles. The first kappa shape index (κ1) is 11.8. The van der Waals surface area contributed by atoms with Crippen molar-refractivity contribution in [2.45, 2.75) is 0 Å². The predicted molar refractivity (Wildman–Crippen MR) is 74.9 cm³/mol. The molecule has 1 amide bonds. The van der Waals surface area contributed by atoms with E-state index in [0.29, 0.717) is 5.69 Å². The highest BCUT2D eigenvalue weighted by atomic mass is 32.2. The molecule has 2 aromatic rings. The number of nitrogens with zero attached hydrogens (tertiary/aromatic N) is 3. The second-order valence-corrected chi connectivity index (χ2v) is 6.14. The molecule has 1 aliphatic rings. The van der Waals surface area contributed by atoms with Gasteiger partial charge in [-0.25, -0.2) is 0 Å². The van der Waals surface area contributed by atoms with Crippen molar-refractivity contribution < 1.29 is 4.79 Å². The molecule has 0 unspecified atom stereocenters. The number of hydrogen-bond acceptors (Lipinski definition) is 4. The molecular weight excluding hydrogens is 266 g/mol. The highest BCUT2D eigenvalue weighted by Gasteiger charge is 2.23. The third-order valence-electron chi connectivity index (χ3n) is 2.91. The minimum atomic E-state index is 0.0813. The van der Waals surface area contributed by atoms with E-state index in [0.717, 1.165) is 28.7 Å². The molecule has 2 aromatic heterocycles. The van der Waals surface area contributed by atoms with Gasteiger partial charge in [-0.2, -0.15) is 5.10 Å². The van der Waals surface area contributed by atoms with Crippen molar-refractivity contribution in [1.29, 1.82) is 0 Å². The summed E-state index contributed by atoms with van der Waals surface area (Å²) >= 11 is 3.43. The van der Waals surface area contributed by atoms with E-state index in [1.807, 2.05) is 35.5 Å². The fourth-order valence-electron chi connectivity index (χ4n) is 1.95. The summed E-state index contributed by atoms with van der Waals surface area (Å²) in [5, 5.41) is 6.43. The van der Waals surface area contributed by atoms with Crippen LogP contribution >= 0.6 is 23.1 Å². The number of carbonyl (C=O) groups excluding carboxylic acids is 1. The summed E-state index contributed by atoms with van der Waals surface area (Å²) in [6.07, 6.45) is 0. The van der Waals surface area contributed by atoms with Crippen molar-refractivity contribution >= 4 is 29.0 Å². The third kappa shape index (κ3) is 2.06. The van der Waals surface area contributed by atoms with Crippen molar-refractivity contribution in [2.24, 2.45) is 7.05 Å². The van der Waals surface area contributed by atoms with Crippen molar-refractivity contribution in [3.8, 4) is 10.6 Å². The molecule has 0 saturated carbocycles. The lowest BCUT2D eigenvalue weighted by molar-refractivity contribution is 0.0792. The fraction of sp³-hybridized carbons (Fsp3) is 0.333. The number of aryl methyl sites for hydroxylation is 1. The van der Waals surface area contributed by atoms with Crippen LogP contribution < -0.4 is 0 Å². The Morgan fingerprint density at radius 3 is 3.06 bits per heavy atom. The second kappa shape index (κ2) is 4.78. The maximum atomic E-state index is 12.3. The number of aromatic nitrogens is 2. The molecule has 0 radical (unpaired) electrons. The van der Waals surface area contributed by atoms with E-state index in [2.05, 4.69) is 5.10 Å². The lowest BCUT2D eigenvalue weighted by Gasteiger charge is -2.13. The van der Waals surface area contributed by atoms with Crippen LogP contribution in [0.1, 0.15) is 10.5 Å². The van der Waals surface area contributed by atoms with Crippen molar-refractivity contribution in [2.75, 3.05) is 18.2 Å². The topological polar surface area (TPSA) is 38.1 Å². The van der Waals surface area contributed by atoms with Gasteiger partial charge in [-0.15, -0.1) is 23.1 Å². The molecule has 6 heteroatoms. The average Bonchev–Trinajstić information content (AvgIpc) is 3.10. The molecule has 0 aromatic carbocycles. The molecular formula is C12H13N3OS2. The molecule has 0 aliphatic carbocycles. The van der Waals surface area contributed by atoms with Gasteiger partial charge in [0.25, 0.3) is 5.91 Å². The summed E-state index contributed by atoms with van der Waals surface area (Å²) < 4.78 is 1.68. The van der Waals surface area contributed by atoms with Crippen molar-refractivity contribution in [3.05, 3.63) is 29.3 Å². The summed E-state index contributed by atoms with van der Waals surface area (Å²) in [5.74, 6) is 1.90. The molecule has 1 saturated heterocycles. The lowest BCUT2D eigenvalue weighted by Crippen LogP contribution is -2.29. The zero-order valence-electron chi connectivity index (χ0n) is 10.00. The molecule has 1 fully saturated rings.